The summed E-state index contributed by atoms with van der Waals surface area (Å²) < 4.78 is 0. The molecule has 0 bridgehead atoms. The molecule has 1 fully saturated rings. The van der Waals surface area contributed by atoms with Crippen LogP contribution < -0.4 is 5.32 Å². The number of hydrogen-bond acceptors (Lipinski definition) is 4. The molecule has 2 heterocycles. The molecular weight excluding hydrogens is 374 g/mol. The molecule has 0 aliphatic carbocycles. The zero-order chi connectivity index (χ0) is 19.7. The van der Waals surface area contributed by atoms with E-state index < -0.39 is 0 Å². The van der Waals surface area contributed by atoms with E-state index in [1.165, 1.54) is 11.0 Å². The molecule has 144 valence electrons. The van der Waals surface area contributed by atoms with Crippen LogP contribution >= 0.6 is 11.6 Å². The number of amides is 2. The first-order valence-electron chi connectivity index (χ1n) is 9.48. The second-order valence-electron chi connectivity index (χ2n) is 6.95. The minimum absolute atomic E-state index is 0.0180. The van der Waals surface area contributed by atoms with Crippen LogP contribution in [0.15, 0.2) is 66.4 Å². The van der Waals surface area contributed by atoms with Crippen molar-refractivity contribution in [3.8, 4) is 0 Å². The lowest BCUT2D eigenvalue weighted by molar-refractivity contribution is -0.137. The monoisotopic (exact) mass is 395 g/mol. The molecule has 6 heteroatoms. The first kappa shape index (κ1) is 18.7. The molecule has 2 aromatic rings. The summed E-state index contributed by atoms with van der Waals surface area (Å²) in [6, 6.07) is 17.7. The third kappa shape index (κ3) is 3.32. The zero-order valence-electron chi connectivity index (χ0n) is 15.6. The Morgan fingerprint density at radius 3 is 2.39 bits per heavy atom. The fourth-order valence-corrected chi connectivity index (χ4v) is 4.16. The van der Waals surface area contributed by atoms with Gasteiger partial charge in [0.2, 0.25) is 0 Å². The summed E-state index contributed by atoms with van der Waals surface area (Å²) in [5.74, 6) is -0.465. The van der Waals surface area contributed by atoms with E-state index in [0.29, 0.717) is 30.4 Å². The van der Waals surface area contributed by atoms with Crippen LogP contribution in [0.2, 0.25) is 5.02 Å². The van der Waals surface area contributed by atoms with Crippen LogP contribution in [0.4, 0.5) is 0 Å². The number of carbonyl (C=O) groups is 2. The average Bonchev–Trinajstić information content (AvgIpc) is 3.02. The Morgan fingerprint density at radius 1 is 1.04 bits per heavy atom. The van der Waals surface area contributed by atoms with Crippen molar-refractivity contribution in [3.05, 3.63) is 82.5 Å². The fraction of sp³-hybridized carbons (Fsp3) is 0.273. The van der Waals surface area contributed by atoms with Gasteiger partial charge in [0.15, 0.2) is 0 Å². The van der Waals surface area contributed by atoms with E-state index in [1.54, 1.807) is 0 Å². The molecule has 28 heavy (non-hydrogen) atoms. The molecule has 1 N–H and O–H groups in total. The summed E-state index contributed by atoms with van der Waals surface area (Å²) >= 11 is 6.10. The Morgan fingerprint density at radius 2 is 1.75 bits per heavy atom. The Bertz CT molecular complexity index is 911. The fourth-order valence-electron chi connectivity index (χ4n) is 4.03. The number of imide groups is 1. The van der Waals surface area contributed by atoms with Crippen molar-refractivity contribution in [2.75, 3.05) is 19.6 Å². The van der Waals surface area contributed by atoms with Crippen LogP contribution in [0.3, 0.4) is 0 Å². The number of likely N-dealkylation sites (N-methyl/N-ethyl adjacent to an activating group) is 1. The molecular formula is C22H22ClN3O2. The first-order chi connectivity index (χ1) is 13.6. The molecule has 0 saturated carbocycles. The van der Waals surface area contributed by atoms with Crippen molar-refractivity contribution in [3.63, 3.8) is 0 Å². The highest BCUT2D eigenvalue weighted by molar-refractivity contribution is 6.30. The Balaban J connectivity index is 1.78. The molecule has 2 amide bonds. The van der Waals surface area contributed by atoms with Gasteiger partial charge in [-0.05, 0) is 30.2 Å². The smallest absolute Gasteiger partial charge is 0.277 e. The van der Waals surface area contributed by atoms with Gasteiger partial charge in [0, 0.05) is 30.7 Å². The Kier molecular flexibility index (Phi) is 5.20. The molecule has 2 aliphatic heterocycles. The van der Waals surface area contributed by atoms with Gasteiger partial charge in [0.1, 0.15) is 5.70 Å². The van der Waals surface area contributed by atoms with Gasteiger partial charge in [-0.1, -0.05) is 54.1 Å². The average molecular weight is 396 g/mol. The summed E-state index contributed by atoms with van der Waals surface area (Å²) in [4.78, 5) is 28.5. The number of piperazine rings is 1. The maximum absolute atomic E-state index is 12.9. The molecule has 4 rings (SSSR count). The van der Waals surface area contributed by atoms with Crippen LogP contribution in [0.25, 0.3) is 0 Å². The number of carbonyl (C=O) groups excluding carboxylic acids is 2. The number of benzene rings is 2. The van der Waals surface area contributed by atoms with E-state index in [9.17, 15) is 9.59 Å². The van der Waals surface area contributed by atoms with Gasteiger partial charge in [0.05, 0.1) is 12.1 Å². The third-order valence-electron chi connectivity index (χ3n) is 5.35. The van der Waals surface area contributed by atoms with Gasteiger partial charge < -0.3 is 10.2 Å². The van der Waals surface area contributed by atoms with Crippen LogP contribution in [0.1, 0.15) is 30.1 Å². The van der Waals surface area contributed by atoms with Gasteiger partial charge in [-0.15, -0.1) is 0 Å². The van der Waals surface area contributed by atoms with Crippen molar-refractivity contribution < 1.29 is 9.59 Å². The number of hydrogen-bond donors (Lipinski definition) is 1. The summed E-state index contributed by atoms with van der Waals surface area (Å²) in [6.45, 7) is 3.54. The summed E-state index contributed by atoms with van der Waals surface area (Å²) in [6.07, 6.45) is 1.47. The minimum atomic E-state index is -0.243. The first-order valence-corrected chi connectivity index (χ1v) is 9.86. The highest BCUT2D eigenvalue weighted by Gasteiger charge is 2.41. The van der Waals surface area contributed by atoms with Crippen molar-refractivity contribution in [2.45, 2.75) is 19.0 Å². The molecule has 2 aliphatic rings. The zero-order valence-corrected chi connectivity index (χ0v) is 16.4. The van der Waals surface area contributed by atoms with Crippen LogP contribution in [-0.4, -0.2) is 41.2 Å². The second kappa shape index (κ2) is 7.78. The predicted octanol–water partition coefficient (Wildman–Crippen LogP) is 3.30. The maximum Gasteiger partial charge on any atom is 0.277 e. The lowest BCUT2D eigenvalue weighted by Crippen LogP contribution is -2.49. The van der Waals surface area contributed by atoms with Gasteiger partial charge in [-0.2, -0.15) is 0 Å². The van der Waals surface area contributed by atoms with Gasteiger partial charge in [0.25, 0.3) is 11.8 Å². The summed E-state index contributed by atoms with van der Waals surface area (Å²) in [5, 5.41) is 4.26. The summed E-state index contributed by atoms with van der Waals surface area (Å²) in [7, 11) is 0. The third-order valence-corrected chi connectivity index (χ3v) is 5.61. The van der Waals surface area contributed by atoms with Crippen LogP contribution in [-0.2, 0) is 9.59 Å². The van der Waals surface area contributed by atoms with E-state index in [-0.39, 0.29) is 23.9 Å². The van der Waals surface area contributed by atoms with Crippen molar-refractivity contribution in [1.29, 1.82) is 0 Å². The normalized spacial score (nSPS) is 22.6. The molecule has 2 unspecified atom stereocenters. The van der Waals surface area contributed by atoms with Gasteiger partial charge in [-0.3, -0.25) is 14.5 Å². The van der Waals surface area contributed by atoms with Gasteiger partial charge in [-0.25, -0.2) is 0 Å². The molecule has 1 saturated heterocycles. The second-order valence-corrected chi connectivity index (χ2v) is 7.39. The number of nitrogens with one attached hydrogen (secondary N) is 1. The molecule has 0 aromatic heterocycles. The van der Waals surface area contributed by atoms with Crippen molar-refractivity contribution in [2.24, 2.45) is 0 Å². The van der Waals surface area contributed by atoms with E-state index >= 15 is 0 Å². The molecule has 0 radical (unpaired) electrons. The number of nitrogens with zero attached hydrogens (tertiary/aromatic N) is 2. The highest BCUT2D eigenvalue weighted by Crippen LogP contribution is 2.39. The number of rotatable bonds is 4. The molecule has 2 atom stereocenters. The quantitative estimate of drug-likeness (QED) is 0.807. The highest BCUT2D eigenvalue weighted by atomic mass is 35.5. The standard InChI is InChI=1S/C22H22ClN3O2/c1-2-25-19(27)14-18(22(25)28)26-13-12-24-20(15-6-4-3-5-7-15)21(26)16-8-10-17(23)11-9-16/h3-11,14,20-21,24H,2,12-13H2,1H3. The van der Waals surface area contributed by atoms with Crippen molar-refractivity contribution in [1.82, 2.24) is 15.1 Å². The maximum atomic E-state index is 12.9. The lowest BCUT2D eigenvalue weighted by Gasteiger charge is -2.44. The van der Waals surface area contributed by atoms with E-state index in [1.807, 2.05) is 49.4 Å². The lowest BCUT2D eigenvalue weighted by atomic mass is 9.89. The van der Waals surface area contributed by atoms with E-state index in [2.05, 4.69) is 22.3 Å². The van der Waals surface area contributed by atoms with Gasteiger partial charge >= 0.3 is 0 Å². The Labute approximate surface area is 169 Å². The Hall–Kier alpha value is -2.63. The van der Waals surface area contributed by atoms with Crippen molar-refractivity contribution >= 4 is 23.4 Å². The summed E-state index contributed by atoms with van der Waals surface area (Å²) in [5.41, 5.74) is 2.65. The molecule has 0 spiro atoms. The van der Waals surface area contributed by atoms with E-state index in [4.69, 9.17) is 11.6 Å². The number of halogens is 1. The predicted molar refractivity (Wildman–Crippen MR) is 109 cm³/mol. The molecule has 5 nitrogen and oxygen atoms in total. The SMILES string of the molecule is CCN1C(=O)C=C(N2CCNC(c3ccccc3)C2c2ccc(Cl)cc2)C1=O. The minimum Gasteiger partial charge on any atom is -0.357 e. The topological polar surface area (TPSA) is 52.7 Å². The van der Waals surface area contributed by atoms with E-state index in [0.717, 1.165) is 11.1 Å². The van der Waals surface area contributed by atoms with Crippen LogP contribution in [0.5, 0.6) is 0 Å². The largest absolute Gasteiger partial charge is 0.357 e. The molecule has 2 aromatic carbocycles. The van der Waals surface area contributed by atoms with Crippen LogP contribution in [0, 0.1) is 0 Å².